The predicted octanol–water partition coefficient (Wildman–Crippen LogP) is 2.82. The Bertz CT molecular complexity index is 1220. The molecule has 8 heteroatoms. The van der Waals surface area contributed by atoms with E-state index < -0.39 is 0 Å². The lowest BCUT2D eigenvalue weighted by molar-refractivity contribution is -0.686. The number of pyridine rings is 1. The molecule has 0 spiro atoms. The second kappa shape index (κ2) is 9.89. The van der Waals surface area contributed by atoms with Crippen LogP contribution < -0.4 is 23.5 Å². The van der Waals surface area contributed by atoms with Gasteiger partial charge < -0.3 is 28.4 Å². The molecule has 0 aliphatic carbocycles. The van der Waals surface area contributed by atoms with Crippen LogP contribution in [0.15, 0.2) is 36.5 Å². The van der Waals surface area contributed by atoms with E-state index in [1.54, 1.807) is 7.11 Å². The summed E-state index contributed by atoms with van der Waals surface area (Å²) in [7, 11) is 1.68. The molecule has 0 amide bonds. The molecular weight excluding hydrogens is 448 g/mol. The molecule has 1 fully saturated rings. The highest BCUT2D eigenvalue weighted by atomic mass is 16.7. The van der Waals surface area contributed by atoms with Crippen molar-refractivity contribution in [2.24, 2.45) is 0 Å². The van der Waals surface area contributed by atoms with Crippen LogP contribution in [0.4, 0.5) is 0 Å². The van der Waals surface area contributed by atoms with Gasteiger partial charge in [-0.3, -0.25) is 4.90 Å². The molecule has 0 bridgehead atoms. The number of benzene rings is 2. The van der Waals surface area contributed by atoms with Crippen LogP contribution in [-0.4, -0.2) is 71.5 Å². The Morgan fingerprint density at radius 3 is 2.71 bits per heavy atom. The first-order valence-electron chi connectivity index (χ1n) is 12.3. The van der Waals surface area contributed by atoms with Crippen LogP contribution in [0.3, 0.4) is 0 Å². The zero-order chi connectivity index (χ0) is 23.6. The van der Waals surface area contributed by atoms with Gasteiger partial charge in [-0.15, -0.1) is 0 Å². The van der Waals surface area contributed by atoms with Gasteiger partial charge in [0, 0.05) is 32.1 Å². The molecule has 3 aliphatic heterocycles. The van der Waals surface area contributed by atoms with Crippen LogP contribution in [0.25, 0.3) is 22.0 Å². The molecule has 1 saturated heterocycles. The molecule has 3 aromatic rings. The smallest absolute Gasteiger partial charge is 0.231 e. The first-order valence-corrected chi connectivity index (χ1v) is 12.3. The number of aromatic nitrogens is 1. The summed E-state index contributed by atoms with van der Waals surface area (Å²) in [6, 6.07) is 10.5. The normalized spacial score (nSPS) is 16.7. The number of rotatable bonds is 8. The molecule has 35 heavy (non-hydrogen) atoms. The Labute approximate surface area is 204 Å². The van der Waals surface area contributed by atoms with E-state index in [9.17, 15) is 0 Å². The van der Waals surface area contributed by atoms with Gasteiger partial charge in [-0.05, 0) is 35.2 Å². The largest absolute Gasteiger partial charge is 0.493 e. The summed E-state index contributed by atoms with van der Waals surface area (Å²) in [5, 5.41) is 2.14. The number of fused-ring (bicyclic) bond motifs is 5. The van der Waals surface area contributed by atoms with Crippen LogP contribution >= 0.6 is 0 Å². The lowest BCUT2D eigenvalue weighted by Crippen LogP contribution is -2.40. The number of ether oxygens (including phenoxy) is 6. The van der Waals surface area contributed by atoms with E-state index in [-0.39, 0.29) is 6.79 Å². The van der Waals surface area contributed by atoms with Gasteiger partial charge in [-0.2, -0.15) is 4.57 Å². The topological polar surface area (TPSA) is 62.5 Å². The third-order valence-corrected chi connectivity index (χ3v) is 6.93. The molecule has 3 aliphatic rings. The molecule has 0 saturated carbocycles. The highest BCUT2D eigenvalue weighted by molar-refractivity contribution is 5.91. The molecule has 4 heterocycles. The van der Waals surface area contributed by atoms with Crippen molar-refractivity contribution in [1.82, 2.24) is 4.90 Å². The quantitative estimate of drug-likeness (QED) is 0.364. The summed E-state index contributed by atoms with van der Waals surface area (Å²) < 4.78 is 36.6. The van der Waals surface area contributed by atoms with Gasteiger partial charge in [0.05, 0.1) is 44.5 Å². The first-order chi connectivity index (χ1) is 17.3. The van der Waals surface area contributed by atoms with Crippen LogP contribution in [0.1, 0.15) is 5.56 Å². The summed E-state index contributed by atoms with van der Waals surface area (Å²) in [5.41, 5.74) is 3.64. The van der Waals surface area contributed by atoms with Crippen molar-refractivity contribution < 1.29 is 33.0 Å². The Hall–Kier alpha value is -3.07. The number of methoxy groups -OCH3 is 1. The number of aryl methyl sites for hydroxylation is 2. The van der Waals surface area contributed by atoms with Crippen LogP contribution in [0.5, 0.6) is 23.0 Å². The first kappa shape index (κ1) is 22.4. The van der Waals surface area contributed by atoms with Crippen LogP contribution in [0, 0.1) is 0 Å². The van der Waals surface area contributed by atoms with E-state index >= 15 is 0 Å². The van der Waals surface area contributed by atoms with E-state index in [4.69, 9.17) is 28.4 Å². The Kier molecular flexibility index (Phi) is 6.33. The van der Waals surface area contributed by atoms with Crippen molar-refractivity contribution in [2.75, 3.05) is 66.6 Å². The van der Waals surface area contributed by atoms with E-state index in [0.717, 1.165) is 79.6 Å². The number of hydrogen-bond acceptors (Lipinski definition) is 7. The zero-order valence-electron chi connectivity index (χ0n) is 20.1. The van der Waals surface area contributed by atoms with Gasteiger partial charge >= 0.3 is 0 Å². The Balaban J connectivity index is 1.19. The molecule has 8 nitrogen and oxygen atoms in total. The monoisotopic (exact) mass is 479 g/mol. The maximum atomic E-state index is 6.22. The van der Waals surface area contributed by atoms with Crippen molar-refractivity contribution in [1.29, 1.82) is 0 Å². The Morgan fingerprint density at radius 2 is 1.86 bits per heavy atom. The third kappa shape index (κ3) is 4.49. The lowest BCUT2D eigenvalue weighted by Gasteiger charge is -2.26. The summed E-state index contributed by atoms with van der Waals surface area (Å²) in [6.07, 6.45) is 3.11. The maximum Gasteiger partial charge on any atom is 0.231 e. The van der Waals surface area contributed by atoms with Crippen molar-refractivity contribution >= 4 is 10.8 Å². The second-order valence-electron chi connectivity index (χ2n) is 8.98. The highest BCUT2D eigenvalue weighted by Gasteiger charge is 2.28. The maximum absolute atomic E-state index is 6.22. The van der Waals surface area contributed by atoms with E-state index in [1.165, 1.54) is 16.8 Å². The highest BCUT2D eigenvalue weighted by Crippen LogP contribution is 2.41. The fraction of sp³-hybridized carbons (Fsp3) is 0.444. The van der Waals surface area contributed by atoms with Crippen molar-refractivity contribution in [3.63, 3.8) is 0 Å². The van der Waals surface area contributed by atoms with Gasteiger partial charge in [0.15, 0.2) is 35.7 Å². The number of nitrogens with zero attached hydrogens (tertiary/aromatic N) is 2. The van der Waals surface area contributed by atoms with Gasteiger partial charge in [0.2, 0.25) is 12.5 Å². The van der Waals surface area contributed by atoms with Gasteiger partial charge in [0.25, 0.3) is 0 Å². The van der Waals surface area contributed by atoms with Gasteiger partial charge in [-0.25, -0.2) is 0 Å². The molecule has 0 N–H and O–H groups in total. The molecule has 1 aromatic heterocycles. The van der Waals surface area contributed by atoms with Crippen LogP contribution in [0.2, 0.25) is 0 Å². The summed E-state index contributed by atoms with van der Waals surface area (Å²) >= 11 is 0. The van der Waals surface area contributed by atoms with E-state index in [2.05, 4.69) is 39.9 Å². The third-order valence-electron chi connectivity index (χ3n) is 6.93. The second-order valence-corrected chi connectivity index (χ2v) is 8.98. The van der Waals surface area contributed by atoms with Gasteiger partial charge in [0.1, 0.15) is 6.61 Å². The number of morpholine rings is 1. The van der Waals surface area contributed by atoms with Crippen LogP contribution in [-0.2, 0) is 22.4 Å². The van der Waals surface area contributed by atoms with E-state index in [0.29, 0.717) is 19.8 Å². The molecule has 184 valence electrons. The number of hydrogen-bond donors (Lipinski definition) is 0. The minimum atomic E-state index is 0.285. The van der Waals surface area contributed by atoms with Crippen molar-refractivity contribution in [2.45, 2.75) is 13.0 Å². The average molecular weight is 480 g/mol. The molecule has 0 radical (unpaired) electrons. The Morgan fingerprint density at radius 1 is 1.00 bits per heavy atom. The van der Waals surface area contributed by atoms with E-state index in [1.807, 2.05) is 6.07 Å². The lowest BCUT2D eigenvalue weighted by atomic mass is 9.95. The summed E-state index contributed by atoms with van der Waals surface area (Å²) in [5.74, 6) is 3.13. The molecule has 6 rings (SSSR count). The molecule has 0 atom stereocenters. The average Bonchev–Trinajstić information content (AvgIpc) is 3.36. The standard InChI is InChI=1S/C27H31N2O6/c1-30-24-3-2-19-14-23-21-16-26-25(34-18-35-26)15-20(21)4-5-29(23)17-22(19)27(24)33-13-12-32-11-8-28-6-9-31-10-7-28/h2-3,14-17H,4-13,18H2,1H3/q+1. The fourth-order valence-corrected chi connectivity index (χ4v) is 5.03. The van der Waals surface area contributed by atoms with Crippen molar-refractivity contribution in [3.05, 3.63) is 42.1 Å². The molecule has 2 aromatic carbocycles. The minimum absolute atomic E-state index is 0.285. The summed E-state index contributed by atoms with van der Waals surface area (Å²) in [4.78, 5) is 2.37. The molecular formula is C27H31N2O6+. The minimum Gasteiger partial charge on any atom is -0.493 e. The predicted molar refractivity (Wildman–Crippen MR) is 130 cm³/mol. The SMILES string of the molecule is COc1ccc2cc3[n+](cc2c1OCCOCCN1CCOCC1)CCc1cc2c(cc1-3)OCO2. The fourth-order valence-electron chi connectivity index (χ4n) is 5.03. The summed E-state index contributed by atoms with van der Waals surface area (Å²) in [6.45, 7) is 7.35. The zero-order valence-corrected chi connectivity index (χ0v) is 20.1. The van der Waals surface area contributed by atoms with Gasteiger partial charge in [-0.1, -0.05) is 0 Å². The van der Waals surface area contributed by atoms with Crippen molar-refractivity contribution in [3.8, 4) is 34.3 Å². The molecule has 0 unspecified atom stereocenters.